The fourth-order valence-electron chi connectivity index (χ4n) is 1.86. The number of rotatable bonds is 5. The summed E-state index contributed by atoms with van der Waals surface area (Å²) < 4.78 is 0. The quantitative estimate of drug-likeness (QED) is 0.773. The van der Waals surface area contributed by atoms with E-state index in [0.717, 1.165) is 12.0 Å². The first-order valence-corrected chi connectivity index (χ1v) is 6.92. The number of hydrogen-bond donors (Lipinski definition) is 1. The van der Waals surface area contributed by atoms with Crippen LogP contribution in [0.1, 0.15) is 38.8 Å². The van der Waals surface area contributed by atoms with Gasteiger partial charge in [0.1, 0.15) is 0 Å². The number of benzene rings is 1. The molecule has 0 bridgehead atoms. The summed E-state index contributed by atoms with van der Waals surface area (Å²) in [6, 6.07) is 5.77. The predicted octanol–water partition coefficient (Wildman–Crippen LogP) is 4.69. The largest absolute Gasteiger partial charge is 0.297 e. The molecule has 1 nitrogen and oxygen atoms in total. The second kappa shape index (κ2) is 7.04. The highest BCUT2D eigenvalue weighted by atomic mass is 35.5. The van der Waals surface area contributed by atoms with Crippen molar-refractivity contribution in [3.63, 3.8) is 0 Å². The Balaban J connectivity index is 2.93. The van der Waals surface area contributed by atoms with Crippen molar-refractivity contribution in [3.05, 3.63) is 33.8 Å². The Morgan fingerprint density at radius 2 is 2.00 bits per heavy atom. The van der Waals surface area contributed by atoms with Crippen LogP contribution in [0.5, 0.6) is 0 Å². The summed E-state index contributed by atoms with van der Waals surface area (Å²) in [6.07, 6.45) is 6.47. The molecule has 2 atom stereocenters. The third kappa shape index (κ3) is 3.92. The fourth-order valence-corrected chi connectivity index (χ4v) is 2.40. The van der Waals surface area contributed by atoms with Gasteiger partial charge in [0.25, 0.3) is 0 Å². The van der Waals surface area contributed by atoms with Crippen molar-refractivity contribution in [1.29, 1.82) is 0 Å². The molecule has 0 radical (unpaired) electrons. The van der Waals surface area contributed by atoms with Gasteiger partial charge in [-0.2, -0.15) is 0 Å². The van der Waals surface area contributed by atoms with Crippen LogP contribution >= 0.6 is 23.2 Å². The average molecular weight is 284 g/mol. The first-order valence-electron chi connectivity index (χ1n) is 6.16. The predicted molar refractivity (Wildman–Crippen MR) is 80.1 cm³/mol. The molecule has 2 unspecified atom stereocenters. The van der Waals surface area contributed by atoms with E-state index in [-0.39, 0.29) is 12.1 Å². The molecule has 0 aliphatic rings. The highest BCUT2D eigenvalue weighted by Crippen LogP contribution is 2.28. The van der Waals surface area contributed by atoms with Gasteiger partial charge < -0.3 is 0 Å². The Morgan fingerprint density at radius 3 is 2.44 bits per heavy atom. The molecule has 98 valence electrons. The highest BCUT2D eigenvalue weighted by molar-refractivity contribution is 6.35. The van der Waals surface area contributed by atoms with Gasteiger partial charge in [-0.3, -0.25) is 5.32 Å². The number of nitrogens with one attached hydrogen (secondary N) is 1. The zero-order valence-corrected chi connectivity index (χ0v) is 12.5. The van der Waals surface area contributed by atoms with Gasteiger partial charge in [-0.1, -0.05) is 56.0 Å². The molecular formula is C15H19Cl2N. The lowest BCUT2D eigenvalue weighted by Gasteiger charge is -2.25. The van der Waals surface area contributed by atoms with E-state index in [1.54, 1.807) is 6.07 Å². The lowest BCUT2D eigenvalue weighted by atomic mass is 9.99. The number of hydrogen-bond acceptors (Lipinski definition) is 1. The molecule has 1 N–H and O–H groups in total. The van der Waals surface area contributed by atoms with Crippen molar-refractivity contribution < 1.29 is 0 Å². The van der Waals surface area contributed by atoms with Gasteiger partial charge >= 0.3 is 0 Å². The van der Waals surface area contributed by atoms with Gasteiger partial charge in [0.05, 0.1) is 6.04 Å². The van der Waals surface area contributed by atoms with Crippen LogP contribution < -0.4 is 5.32 Å². The maximum absolute atomic E-state index is 6.23. The molecule has 0 aliphatic heterocycles. The molecular weight excluding hydrogens is 265 g/mol. The van der Waals surface area contributed by atoms with Gasteiger partial charge in [-0.15, -0.1) is 6.42 Å². The zero-order chi connectivity index (χ0) is 13.7. The molecule has 0 heterocycles. The smallest absolute Gasteiger partial charge is 0.0714 e. The van der Waals surface area contributed by atoms with E-state index in [1.165, 1.54) is 0 Å². The minimum absolute atomic E-state index is 0.0432. The molecule has 0 saturated heterocycles. The van der Waals surface area contributed by atoms with Crippen molar-refractivity contribution in [2.45, 2.75) is 39.3 Å². The topological polar surface area (TPSA) is 12.0 Å². The molecule has 3 heteroatoms. The van der Waals surface area contributed by atoms with Crippen LogP contribution in [0.4, 0.5) is 0 Å². The van der Waals surface area contributed by atoms with E-state index in [2.05, 4.69) is 32.0 Å². The molecule has 0 saturated carbocycles. The molecule has 0 amide bonds. The Kier molecular flexibility index (Phi) is 6.02. The first-order chi connectivity index (χ1) is 8.49. The van der Waals surface area contributed by atoms with E-state index in [1.807, 2.05) is 12.1 Å². The normalized spacial score (nSPS) is 14.3. The van der Waals surface area contributed by atoms with Gasteiger partial charge in [-0.25, -0.2) is 0 Å². The third-order valence-corrected chi connectivity index (χ3v) is 3.54. The van der Waals surface area contributed by atoms with Gasteiger partial charge in [0.2, 0.25) is 0 Å². The second-order valence-electron chi connectivity index (χ2n) is 4.68. The van der Waals surface area contributed by atoms with Crippen LogP contribution in [0, 0.1) is 18.3 Å². The van der Waals surface area contributed by atoms with Crippen molar-refractivity contribution in [3.8, 4) is 12.3 Å². The van der Waals surface area contributed by atoms with Crippen molar-refractivity contribution >= 4 is 23.2 Å². The maximum Gasteiger partial charge on any atom is 0.0714 e. The molecule has 0 aromatic heterocycles. The summed E-state index contributed by atoms with van der Waals surface area (Å²) in [5.41, 5.74) is 1.05. The van der Waals surface area contributed by atoms with Crippen LogP contribution in [-0.4, -0.2) is 6.04 Å². The lowest BCUT2D eigenvalue weighted by Crippen LogP contribution is -2.35. The lowest BCUT2D eigenvalue weighted by molar-refractivity contribution is 0.408. The first kappa shape index (κ1) is 15.4. The van der Waals surface area contributed by atoms with Gasteiger partial charge in [0.15, 0.2) is 0 Å². The van der Waals surface area contributed by atoms with E-state index < -0.39 is 0 Å². The fraction of sp³-hybridized carbons (Fsp3) is 0.467. The van der Waals surface area contributed by atoms with Crippen LogP contribution in [0.3, 0.4) is 0 Å². The molecule has 18 heavy (non-hydrogen) atoms. The van der Waals surface area contributed by atoms with Crippen molar-refractivity contribution in [1.82, 2.24) is 5.32 Å². The Bertz CT molecular complexity index is 435. The molecule has 1 aromatic rings. The summed E-state index contributed by atoms with van der Waals surface area (Å²) in [5, 5.41) is 4.80. The Morgan fingerprint density at radius 1 is 1.33 bits per heavy atom. The van der Waals surface area contributed by atoms with Gasteiger partial charge in [-0.05, 0) is 30.0 Å². The second-order valence-corrected chi connectivity index (χ2v) is 5.53. The molecule has 0 aliphatic carbocycles. The molecule has 0 spiro atoms. The monoisotopic (exact) mass is 283 g/mol. The van der Waals surface area contributed by atoms with Crippen LogP contribution in [0.15, 0.2) is 18.2 Å². The van der Waals surface area contributed by atoms with Crippen LogP contribution in [0.2, 0.25) is 10.0 Å². The maximum atomic E-state index is 6.23. The summed E-state index contributed by atoms with van der Waals surface area (Å²) in [6.45, 7) is 6.32. The summed E-state index contributed by atoms with van der Waals surface area (Å²) >= 11 is 12.1. The third-order valence-electron chi connectivity index (χ3n) is 2.97. The number of halogens is 2. The molecule has 1 rings (SSSR count). The highest BCUT2D eigenvalue weighted by Gasteiger charge is 2.18. The van der Waals surface area contributed by atoms with E-state index in [4.69, 9.17) is 29.6 Å². The summed E-state index contributed by atoms with van der Waals surface area (Å²) in [4.78, 5) is 0. The van der Waals surface area contributed by atoms with Gasteiger partial charge in [0, 0.05) is 16.1 Å². The SMILES string of the molecule is C#CC(NC(CC)c1ccc(Cl)cc1Cl)C(C)C. The molecule has 1 aromatic carbocycles. The Hall–Kier alpha value is -0.680. The van der Waals surface area contributed by atoms with Crippen LogP contribution in [0.25, 0.3) is 0 Å². The van der Waals surface area contributed by atoms with Crippen LogP contribution in [-0.2, 0) is 0 Å². The van der Waals surface area contributed by atoms with E-state index >= 15 is 0 Å². The average Bonchev–Trinajstić information content (AvgIpc) is 2.31. The zero-order valence-electron chi connectivity index (χ0n) is 11.0. The van der Waals surface area contributed by atoms with Crippen molar-refractivity contribution in [2.75, 3.05) is 0 Å². The van der Waals surface area contributed by atoms with E-state index in [9.17, 15) is 0 Å². The minimum Gasteiger partial charge on any atom is -0.297 e. The summed E-state index contributed by atoms with van der Waals surface area (Å²) in [5.74, 6) is 3.17. The minimum atomic E-state index is 0.0432. The summed E-state index contributed by atoms with van der Waals surface area (Å²) in [7, 11) is 0. The Labute approximate surface area is 120 Å². The molecule has 0 fully saturated rings. The standard InChI is InChI=1S/C15H19Cl2N/c1-5-14(10(3)4)18-15(6-2)12-8-7-11(16)9-13(12)17/h1,7-10,14-15,18H,6H2,2-4H3. The number of terminal acetylenes is 1. The van der Waals surface area contributed by atoms with E-state index in [0.29, 0.717) is 16.0 Å². The van der Waals surface area contributed by atoms with Crippen molar-refractivity contribution in [2.24, 2.45) is 5.92 Å².